The molecule has 0 aliphatic heterocycles. The van der Waals surface area contributed by atoms with Crippen LogP contribution in [-0.4, -0.2) is 13.7 Å². The third-order valence-electron chi connectivity index (χ3n) is 16.3. The number of nitrogens with zero attached hydrogens (tertiary/aromatic N) is 3. The van der Waals surface area contributed by atoms with Gasteiger partial charge in [-0.3, -0.25) is 0 Å². The van der Waals surface area contributed by atoms with Crippen LogP contribution in [0, 0.1) is 27.7 Å². The summed E-state index contributed by atoms with van der Waals surface area (Å²) in [5.74, 6) is 0.658. The van der Waals surface area contributed by atoms with E-state index in [2.05, 4.69) is 255 Å². The molecule has 71 heavy (non-hydrogen) atoms. The van der Waals surface area contributed by atoms with Gasteiger partial charge in [0.15, 0.2) is 0 Å². The zero-order chi connectivity index (χ0) is 47.6. The van der Waals surface area contributed by atoms with Gasteiger partial charge in [-0.25, -0.2) is 0 Å². The molecule has 0 fully saturated rings. The molecule has 1 aliphatic carbocycles. The highest BCUT2D eigenvalue weighted by Gasteiger charge is 2.30. The lowest BCUT2D eigenvalue weighted by Crippen LogP contribution is -2.17. The Morgan fingerprint density at radius 3 is 1.46 bits per heavy atom. The second kappa shape index (κ2) is 15.8. The number of benzene rings is 10. The van der Waals surface area contributed by atoms with Crippen LogP contribution in [0.2, 0.25) is 0 Å². The molecule has 0 saturated heterocycles. The highest BCUT2D eigenvalue weighted by Crippen LogP contribution is 2.48. The average Bonchev–Trinajstić information content (AvgIpc) is 4.03. The number of aryl methyl sites for hydroxylation is 4. The molecule has 0 bridgehead atoms. The molecular formula is C68H53N3. The molecule has 0 N–H and O–H groups in total. The quantitative estimate of drug-likeness (QED) is 0.158. The topological polar surface area (TPSA) is 14.8 Å². The van der Waals surface area contributed by atoms with E-state index < -0.39 is 0 Å². The Labute approximate surface area is 414 Å². The van der Waals surface area contributed by atoms with Crippen molar-refractivity contribution in [1.82, 2.24) is 13.7 Å². The monoisotopic (exact) mass is 911 g/mol. The van der Waals surface area contributed by atoms with Crippen LogP contribution in [0.4, 0.5) is 0 Å². The molecule has 3 aromatic heterocycles. The van der Waals surface area contributed by atoms with Gasteiger partial charge >= 0.3 is 0 Å². The molecule has 2 unspecified atom stereocenters. The van der Waals surface area contributed by atoms with Gasteiger partial charge in [0.05, 0.1) is 44.5 Å². The molecule has 0 radical (unpaired) electrons. The summed E-state index contributed by atoms with van der Waals surface area (Å²) in [6.45, 7) is 11.4. The van der Waals surface area contributed by atoms with Crippen molar-refractivity contribution in [2.24, 2.45) is 0 Å². The lowest BCUT2D eigenvalue weighted by molar-refractivity contribution is 0.568. The standard InChI is InChI=1S/C68H53N3/c1-41-16-14-17-42(2)67(41)70-62-26-12-9-23-54(62)58-36-46(30-33-65(58)70)45(5)56-39-49-29-28-47(37-57(49)52-21-7-6-20-51(52)56)48-31-34-64-59(38-48)53-22-8-11-25-61(53)69(64)50-32-35-66-60(40-50)55-24-10-13-27-63(55)71(66)68-43(3)18-15-19-44(68)4/h6-38,40,45,56H,39H2,1-5H3. The Hall–Kier alpha value is -8.40. The Balaban J connectivity index is 0.837. The summed E-state index contributed by atoms with van der Waals surface area (Å²) in [5, 5.41) is 7.67. The number of aromatic nitrogens is 3. The van der Waals surface area contributed by atoms with Crippen LogP contribution in [-0.2, 0) is 6.42 Å². The highest BCUT2D eigenvalue weighted by atomic mass is 15.0. The van der Waals surface area contributed by atoms with Crippen molar-refractivity contribution in [3.63, 3.8) is 0 Å². The van der Waals surface area contributed by atoms with E-state index in [0.717, 1.165) is 6.42 Å². The van der Waals surface area contributed by atoms with Gasteiger partial charge in [0.2, 0.25) is 0 Å². The van der Waals surface area contributed by atoms with Gasteiger partial charge in [0, 0.05) is 38.0 Å². The molecule has 2 atom stereocenters. The van der Waals surface area contributed by atoms with E-state index in [-0.39, 0.29) is 0 Å². The minimum absolute atomic E-state index is 0.312. The zero-order valence-electron chi connectivity index (χ0n) is 40.8. The van der Waals surface area contributed by atoms with E-state index >= 15 is 0 Å². The Morgan fingerprint density at radius 2 is 0.831 bits per heavy atom. The van der Waals surface area contributed by atoms with Crippen LogP contribution in [0.5, 0.6) is 0 Å². The molecular weight excluding hydrogens is 859 g/mol. The second-order valence-electron chi connectivity index (χ2n) is 20.3. The average molecular weight is 912 g/mol. The molecule has 1 aliphatic rings. The molecule has 3 heterocycles. The van der Waals surface area contributed by atoms with Crippen molar-refractivity contribution in [3.05, 3.63) is 245 Å². The maximum atomic E-state index is 2.49. The van der Waals surface area contributed by atoms with Crippen molar-refractivity contribution < 1.29 is 0 Å². The van der Waals surface area contributed by atoms with Gasteiger partial charge in [-0.05, 0) is 174 Å². The first-order valence-corrected chi connectivity index (χ1v) is 25.3. The van der Waals surface area contributed by atoms with E-state index in [4.69, 9.17) is 0 Å². The van der Waals surface area contributed by atoms with E-state index in [9.17, 15) is 0 Å². The maximum Gasteiger partial charge on any atom is 0.0542 e. The van der Waals surface area contributed by atoms with Gasteiger partial charge in [0.25, 0.3) is 0 Å². The number of rotatable bonds is 6. The normalized spacial score (nSPS) is 14.0. The first-order chi connectivity index (χ1) is 34.8. The molecule has 10 aromatic carbocycles. The summed E-state index contributed by atoms with van der Waals surface area (Å²) in [4.78, 5) is 0. The number of hydrogen-bond acceptors (Lipinski definition) is 0. The van der Waals surface area contributed by atoms with Crippen LogP contribution < -0.4 is 0 Å². The lowest BCUT2D eigenvalue weighted by Gasteiger charge is -2.33. The summed E-state index contributed by atoms with van der Waals surface area (Å²) < 4.78 is 7.41. The third-order valence-corrected chi connectivity index (χ3v) is 16.3. The molecule has 0 amide bonds. The van der Waals surface area contributed by atoms with Crippen LogP contribution >= 0.6 is 0 Å². The number of hydrogen-bond donors (Lipinski definition) is 0. The van der Waals surface area contributed by atoms with Gasteiger partial charge < -0.3 is 13.7 Å². The van der Waals surface area contributed by atoms with Gasteiger partial charge in [0.1, 0.15) is 0 Å². The van der Waals surface area contributed by atoms with Crippen molar-refractivity contribution >= 4 is 65.4 Å². The summed E-state index contributed by atoms with van der Waals surface area (Å²) in [6, 6.07) is 77.8. The van der Waals surface area contributed by atoms with Crippen molar-refractivity contribution in [2.75, 3.05) is 0 Å². The molecule has 0 saturated carbocycles. The van der Waals surface area contributed by atoms with E-state index in [0.29, 0.717) is 11.8 Å². The summed E-state index contributed by atoms with van der Waals surface area (Å²) in [7, 11) is 0. The Bertz CT molecular complexity index is 4300. The molecule has 3 nitrogen and oxygen atoms in total. The Kier molecular flexibility index (Phi) is 9.26. The highest BCUT2D eigenvalue weighted by molar-refractivity contribution is 6.13. The number of fused-ring (bicyclic) bond motifs is 12. The van der Waals surface area contributed by atoms with Crippen molar-refractivity contribution in [2.45, 2.75) is 52.9 Å². The molecule has 340 valence electrons. The maximum absolute atomic E-state index is 2.49. The van der Waals surface area contributed by atoms with Crippen LogP contribution in [0.25, 0.3) is 105 Å². The predicted octanol–water partition coefficient (Wildman–Crippen LogP) is 18.0. The molecule has 0 spiro atoms. The van der Waals surface area contributed by atoms with Gasteiger partial charge in [-0.15, -0.1) is 0 Å². The molecule has 13 aromatic rings. The van der Waals surface area contributed by atoms with Crippen LogP contribution in [0.1, 0.15) is 57.7 Å². The number of para-hydroxylation sites is 5. The van der Waals surface area contributed by atoms with Gasteiger partial charge in [-0.1, -0.05) is 146 Å². The van der Waals surface area contributed by atoms with E-state index in [1.54, 1.807) is 0 Å². The van der Waals surface area contributed by atoms with Crippen LogP contribution in [0.15, 0.2) is 206 Å². The molecule has 3 heteroatoms. The zero-order valence-corrected chi connectivity index (χ0v) is 40.8. The Morgan fingerprint density at radius 1 is 0.366 bits per heavy atom. The smallest absolute Gasteiger partial charge is 0.0542 e. The van der Waals surface area contributed by atoms with Crippen LogP contribution in [0.3, 0.4) is 0 Å². The summed E-state index contributed by atoms with van der Waals surface area (Å²) in [6.07, 6.45) is 0.996. The first kappa shape index (κ1) is 41.6. The minimum Gasteiger partial charge on any atom is -0.309 e. The van der Waals surface area contributed by atoms with Crippen molar-refractivity contribution in [1.29, 1.82) is 0 Å². The minimum atomic E-state index is 0.312. The predicted molar refractivity (Wildman–Crippen MR) is 301 cm³/mol. The van der Waals surface area contributed by atoms with Gasteiger partial charge in [-0.2, -0.15) is 0 Å². The summed E-state index contributed by atoms with van der Waals surface area (Å²) in [5.41, 5.74) is 25.7. The second-order valence-corrected chi connectivity index (χ2v) is 20.3. The third kappa shape index (κ3) is 6.22. The fourth-order valence-electron chi connectivity index (χ4n) is 12.9. The fraction of sp³-hybridized carbons (Fsp3) is 0.118. The fourth-order valence-corrected chi connectivity index (χ4v) is 12.9. The largest absolute Gasteiger partial charge is 0.309 e. The van der Waals surface area contributed by atoms with E-state index in [1.165, 1.54) is 144 Å². The van der Waals surface area contributed by atoms with E-state index in [1.807, 2.05) is 0 Å². The SMILES string of the molecule is Cc1cccc(C)c1-n1c2ccccc2c2cc(C(C)C3Cc4ccc(-c5ccc6c(c5)c5ccccc5n6-c5ccc6c(c5)c5ccccc5n6-c5c(C)cccc5C)cc4-c4ccccc43)ccc21. The first-order valence-electron chi connectivity index (χ1n) is 25.3. The summed E-state index contributed by atoms with van der Waals surface area (Å²) >= 11 is 0. The molecule has 14 rings (SSSR count). The lowest BCUT2D eigenvalue weighted by atomic mass is 9.71. The van der Waals surface area contributed by atoms with Crippen molar-refractivity contribution in [3.8, 4) is 39.3 Å².